The Bertz CT molecular complexity index is 1340. The predicted octanol–water partition coefficient (Wildman–Crippen LogP) is 14.5. The lowest BCUT2D eigenvalue weighted by Gasteiger charge is -2.54. The minimum Gasteiger partial charge on any atom is -0.292 e. The Morgan fingerprint density at radius 1 is 0.286 bits per heavy atom. The number of hydrogen-bond donors (Lipinski definition) is 0. The van der Waals surface area contributed by atoms with Crippen LogP contribution in [-0.4, -0.2) is 54.5 Å². The van der Waals surface area contributed by atoms with E-state index in [4.69, 9.17) is 0 Å². The van der Waals surface area contributed by atoms with E-state index in [9.17, 15) is 0 Å². The summed E-state index contributed by atoms with van der Waals surface area (Å²) in [7, 11) is 0. The molecule has 0 bridgehead atoms. The normalized spacial score (nSPS) is 54.6. The van der Waals surface area contributed by atoms with Crippen molar-refractivity contribution in [2.24, 2.45) is 71.0 Å². The first-order valence-corrected chi connectivity index (χ1v) is 29.3. The zero-order chi connectivity index (χ0) is 36.7. The summed E-state index contributed by atoms with van der Waals surface area (Å²) in [6, 6.07) is 2.72. The number of rotatable bonds is 5. The second kappa shape index (κ2) is 16.6. The van der Waals surface area contributed by atoms with Gasteiger partial charge in [0.05, 0.1) is 0 Å². The van der Waals surface area contributed by atoms with E-state index in [1.54, 1.807) is 180 Å². The Kier molecular flexibility index (Phi) is 11.5. The highest BCUT2D eigenvalue weighted by Crippen LogP contribution is 2.66. The quantitative estimate of drug-likeness (QED) is 0.272. The van der Waals surface area contributed by atoms with Crippen LogP contribution in [0.15, 0.2) is 0 Å². The Balaban J connectivity index is 0.783. The molecule has 12 rings (SSSR count). The zero-order valence-corrected chi connectivity index (χ0v) is 38.2. The molecule has 314 valence electrons. The Labute approximate surface area is 357 Å². The summed E-state index contributed by atoms with van der Waals surface area (Å²) >= 11 is 7.84. The van der Waals surface area contributed by atoms with Crippen molar-refractivity contribution < 1.29 is 0 Å². The third kappa shape index (κ3) is 6.94. The topological polar surface area (TPSA) is 3.24 Å². The van der Waals surface area contributed by atoms with Crippen LogP contribution >= 0.6 is 35.3 Å². The lowest BCUT2D eigenvalue weighted by atomic mass is 9.59. The Morgan fingerprint density at radius 2 is 0.804 bits per heavy atom. The fourth-order valence-corrected chi connectivity index (χ4v) is 26.0. The molecule has 0 N–H and O–H groups in total. The minimum atomic E-state index is 0.905. The molecule has 56 heavy (non-hydrogen) atoms. The minimum absolute atomic E-state index is 0.905. The fourth-order valence-electron chi connectivity index (χ4n) is 19.0. The van der Waals surface area contributed by atoms with Gasteiger partial charge in [-0.3, -0.25) is 4.90 Å². The highest BCUT2D eigenvalue weighted by atomic mass is 32.2. The standard InChI is InChI=1S/C52H83NS3/c1-2-10-32(11-3-1)35-22-20-34-21-23-36(31-37(34)30-35)33-24-26-38(27-25-33)53(44-16-8-14-40-39-12-4-6-18-46(39)55-50(40)44)45-17-9-15-41-42-28-29-48-49(52(42)56-51(41)45)43-13-5-7-19-47(43)54-48/h32-52H,1-31H2. The first-order chi connectivity index (χ1) is 27.7. The molecule has 0 aromatic carbocycles. The maximum atomic E-state index is 3.54. The van der Waals surface area contributed by atoms with Crippen molar-refractivity contribution in [2.45, 2.75) is 249 Å². The molecule has 3 heterocycles. The van der Waals surface area contributed by atoms with Crippen LogP contribution in [-0.2, 0) is 0 Å². The van der Waals surface area contributed by atoms with Crippen molar-refractivity contribution in [2.75, 3.05) is 0 Å². The molecule has 12 fully saturated rings. The Hall–Kier alpha value is 1.01. The van der Waals surface area contributed by atoms with Crippen LogP contribution in [0.4, 0.5) is 0 Å². The van der Waals surface area contributed by atoms with E-state index < -0.39 is 0 Å². The molecule has 9 aliphatic carbocycles. The summed E-state index contributed by atoms with van der Waals surface area (Å²) in [5, 5.41) is 6.06. The van der Waals surface area contributed by atoms with Gasteiger partial charge in [0.25, 0.3) is 0 Å². The molecular formula is C52H83NS3. The molecule has 0 radical (unpaired) electrons. The van der Waals surface area contributed by atoms with E-state index in [1.807, 2.05) is 0 Å². The van der Waals surface area contributed by atoms with Gasteiger partial charge in [0.15, 0.2) is 0 Å². The molecule has 3 saturated heterocycles. The predicted molar refractivity (Wildman–Crippen MR) is 244 cm³/mol. The average molecular weight is 818 g/mol. The molecule has 0 aromatic rings. The molecule has 0 amide bonds. The van der Waals surface area contributed by atoms with Crippen molar-refractivity contribution in [3.05, 3.63) is 0 Å². The molecule has 0 aromatic heterocycles. The second-order valence-electron chi connectivity index (χ2n) is 23.5. The molecule has 1 nitrogen and oxygen atoms in total. The van der Waals surface area contributed by atoms with E-state index >= 15 is 0 Å². The smallest absolute Gasteiger partial charge is 0.0237 e. The van der Waals surface area contributed by atoms with Gasteiger partial charge in [0.2, 0.25) is 0 Å². The molecule has 18 atom stereocenters. The summed E-state index contributed by atoms with van der Waals surface area (Å²) in [4.78, 5) is 3.54. The summed E-state index contributed by atoms with van der Waals surface area (Å²) in [5.74, 6) is 13.0. The van der Waals surface area contributed by atoms with Crippen LogP contribution < -0.4 is 0 Å². The van der Waals surface area contributed by atoms with E-state index in [0.29, 0.717) is 0 Å². The van der Waals surface area contributed by atoms with Crippen LogP contribution in [0, 0.1) is 71.0 Å². The van der Waals surface area contributed by atoms with Gasteiger partial charge < -0.3 is 0 Å². The monoisotopic (exact) mass is 818 g/mol. The Morgan fingerprint density at radius 3 is 1.54 bits per heavy atom. The van der Waals surface area contributed by atoms with Crippen LogP contribution in [0.25, 0.3) is 0 Å². The van der Waals surface area contributed by atoms with Gasteiger partial charge >= 0.3 is 0 Å². The van der Waals surface area contributed by atoms with Gasteiger partial charge in [0.1, 0.15) is 0 Å². The molecule has 18 unspecified atom stereocenters. The molecule has 9 saturated carbocycles. The van der Waals surface area contributed by atoms with E-state index in [-0.39, 0.29) is 0 Å². The number of thioether (sulfide) groups is 3. The van der Waals surface area contributed by atoms with E-state index in [0.717, 1.165) is 121 Å². The summed E-state index contributed by atoms with van der Waals surface area (Å²) in [6.45, 7) is 0. The molecule has 3 aliphatic heterocycles. The maximum absolute atomic E-state index is 3.54. The highest BCUT2D eigenvalue weighted by molar-refractivity contribution is 8.02. The summed E-state index contributed by atoms with van der Waals surface area (Å²) in [6.07, 6.45) is 48.8. The van der Waals surface area contributed by atoms with E-state index in [1.165, 1.54) is 19.3 Å². The van der Waals surface area contributed by atoms with E-state index in [2.05, 4.69) is 40.2 Å². The molecule has 4 heteroatoms. The lowest BCUT2D eigenvalue weighted by Crippen LogP contribution is -2.60. The summed E-state index contributed by atoms with van der Waals surface area (Å²) in [5.41, 5.74) is 0. The van der Waals surface area contributed by atoms with Gasteiger partial charge in [-0.15, -0.1) is 0 Å². The maximum Gasteiger partial charge on any atom is 0.0237 e. The van der Waals surface area contributed by atoms with Gasteiger partial charge in [0, 0.05) is 49.6 Å². The fraction of sp³-hybridized carbons (Fsp3) is 1.00. The van der Waals surface area contributed by atoms with Crippen molar-refractivity contribution >= 4 is 35.3 Å². The lowest BCUT2D eigenvalue weighted by molar-refractivity contribution is -0.0135. The highest BCUT2D eigenvalue weighted by Gasteiger charge is 2.61. The van der Waals surface area contributed by atoms with Crippen LogP contribution in [0.1, 0.15) is 199 Å². The number of hydrogen-bond acceptors (Lipinski definition) is 4. The van der Waals surface area contributed by atoms with Crippen molar-refractivity contribution in [1.82, 2.24) is 4.90 Å². The average Bonchev–Trinajstić information content (AvgIpc) is 3.96. The number of fused-ring (bicyclic) bond motifs is 11. The first kappa shape index (κ1) is 38.7. The molecule has 12 aliphatic rings. The third-order valence-electron chi connectivity index (χ3n) is 21.4. The zero-order valence-electron chi connectivity index (χ0n) is 35.7. The summed E-state index contributed by atoms with van der Waals surface area (Å²) < 4.78 is 0. The van der Waals surface area contributed by atoms with Crippen LogP contribution in [0.2, 0.25) is 0 Å². The largest absolute Gasteiger partial charge is 0.292 e. The SMILES string of the molecule is C1CCC(C2CCC3CCC(C4CCC(N(C5CCCC6C7CCCCC7SC65)C5CCCC6C7CCC8SC9CCCCC9C8C7SC65)CC4)CC3C2)CC1. The molecule has 0 spiro atoms. The molecular weight excluding hydrogens is 735 g/mol. The first-order valence-electron chi connectivity index (χ1n) is 26.5. The third-order valence-corrected chi connectivity index (χ3v) is 27.1. The van der Waals surface area contributed by atoms with Gasteiger partial charge in [-0.05, 0) is 199 Å². The van der Waals surface area contributed by atoms with Crippen molar-refractivity contribution in [3.63, 3.8) is 0 Å². The van der Waals surface area contributed by atoms with Crippen LogP contribution in [0.5, 0.6) is 0 Å². The second-order valence-corrected chi connectivity index (χ2v) is 27.8. The van der Waals surface area contributed by atoms with Gasteiger partial charge in [-0.2, -0.15) is 35.3 Å². The van der Waals surface area contributed by atoms with Gasteiger partial charge in [-0.25, -0.2) is 0 Å². The van der Waals surface area contributed by atoms with Crippen molar-refractivity contribution in [3.8, 4) is 0 Å². The number of nitrogens with zero attached hydrogens (tertiary/aromatic N) is 1. The van der Waals surface area contributed by atoms with Gasteiger partial charge in [-0.1, -0.05) is 70.6 Å². The van der Waals surface area contributed by atoms with Crippen LogP contribution in [0.3, 0.4) is 0 Å². The van der Waals surface area contributed by atoms with Crippen molar-refractivity contribution in [1.29, 1.82) is 0 Å².